The zero-order chi connectivity index (χ0) is 22.8. The summed E-state index contributed by atoms with van der Waals surface area (Å²) in [6, 6.07) is 23.5. The molecule has 4 aromatic rings. The molecule has 1 aromatic heterocycles. The van der Waals surface area contributed by atoms with Crippen LogP contribution in [-0.4, -0.2) is 39.5 Å². The monoisotopic (exact) mass is 520 g/mol. The van der Waals surface area contributed by atoms with Gasteiger partial charge >= 0.3 is 0 Å². The average Bonchev–Trinajstić information content (AvgIpc) is 3.48. The van der Waals surface area contributed by atoms with Gasteiger partial charge in [-0.3, -0.25) is 4.79 Å². The Hall–Kier alpha value is -3.10. The van der Waals surface area contributed by atoms with E-state index >= 15 is 0 Å². The van der Waals surface area contributed by atoms with Gasteiger partial charge in [-0.25, -0.2) is 9.99 Å². The van der Waals surface area contributed by atoms with E-state index in [1.807, 2.05) is 72.8 Å². The van der Waals surface area contributed by atoms with Crippen LogP contribution in [0.25, 0.3) is 11.0 Å². The van der Waals surface area contributed by atoms with Crippen molar-refractivity contribution in [1.29, 1.82) is 0 Å². The van der Waals surface area contributed by atoms with Gasteiger partial charge in [0.15, 0.2) is 5.16 Å². The van der Waals surface area contributed by atoms with Crippen molar-refractivity contribution in [3.63, 3.8) is 0 Å². The maximum absolute atomic E-state index is 13.3. The van der Waals surface area contributed by atoms with Gasteiger partial charge < -0.3 is 9.72 Å². The van der Waals surface area contributed by atoms with Crippen molar-refractivity contribution in [1.82, 2.24) is 15.0 Å². The molecule has 33 heavy (non-hydrogen) atoms. The number of aromatic nitrogens is 2. The molecule has 0 fully saturated rings. The fraction of sp³-hybridized carbons (Fsp3) is 0.160. The van der Waals surface area contributed by atoms with Gasteiger partial charge in [-0.1, -0.05) is 64.1 Å². The summed E-state index contributed by atoms with van der Waals surface area (Å²) in [5, 5.41) is 7.10. The van der Waals surface area contributed by atoms with E-state index in [-0.39, 0.29) is 17.7 Å². The molecular weight excluding hydrogens is 500 g/mol. The van der Waals surface area contributed by atoms with Crippen molar-refractivity contribution in [3.05, 3.63) is 88.4 Å². The molecule has 8 heteroatoms. The molecule has 3 aromatic carbocycles. The van der Waals surface area contributed by atoms with Gasteiger partial charge in [0.2, 0.25) is 0 Å². The van der Waals surface area contributed by atoms with Gasteiger partial charge in [-0.05, 0) is 47.5 Å². The number of nitrogens with one attached hydrogen (secondary N) is 1. The standard InChI is InChI=1S/C25H21BrN4O2S/c1-32-19-12-8-17(9-13-19)23-14-22(16-6-10-18(26)11-7-16)29-30(23)24(31)15-33-25-27-20-4-2-3-5-21(20)28-25/h2-13,23H,14-15H2,1H3,(H,27,28)/t23-/m1/s1. The van der Waals surface area contributed by atoms with E-state index in [4.69, 9.17) is 9.84 Å². The molecule has 5 rings (SSSR count). The van der Waals surface area contributed by atoms with Crippen LogP contribution < -0.4 is 4.74 Å². The maximum Gasteiger partial charge on any atom is 0.253 e. The molecule has 0 bridgehead atoms. The summed E-state index contributed by atoms with van der Waals surface area (Å²) in [7, 11) is 1.64. The molecular formula is C25H21BrN4O2S. The van der Waals surface area contributed by atoms with Crippen LogP contribution in [0.3, 0.4) is 0 Å². The summed E-state index contributed by atoms with van der Waals surface area (Å²) < 4.78 is 6.30. The summed E-state index contributed by atoms with van der Waals surface area (Å²) in [6.45, 7) is 0. The van der Waals surface area contributed by atoms with Crippen LogP contribution >= 0.6 is 27.7 Å². The number of rotatable bonds is 6. The molecule has 1 amide bonds. The number of amides is 1. The number of thioether (sulfide) groups is 1. The van der Waals surface area contributed by atoms with Gasteiger partial charge in [0.1, 0.15) is 5.75 Å². The lowest BCUT2D eigenvalue weighted by Gasteiger charge is -2.22. The molecule has 0 saturated carbocycles. The molecule has 0 unspecified atom stereocenters. The van der Waals surface area contributed by atoms with E-state index in [2.05, 4.69) is 25.9 Å². The summed E-state index contributed by atoms with van der Waals surface area (Å²) >= 11 is 4.87. The summed E-state index contributed by atoms with van der Waals surface area (Å²) in [5.41, 5.74) is 4.77. The highest BCUT2D eigenvalue weighted by Gasteiger charge is 2.33. The number of methoxy groups -OCH3 is 1. The number of hydrogen-bond acceptors (Lipinski definition) is 5. The number of nitrogens with zero attached hydrogens (tertiary/aromatic N) is 3. The number of halogens is 1. The van der Waals surface area contributed by atoms with Crippen LogP contribution in [0, 0.1) is 0 Å². The maximum atomic E-state index is 13.3. The molecule has 0 saturated heterocycles. The van der Waals surface area contributed by atoms with Crippen molar-refractivity contribution in [3.8, 4) is 5.75 Å². The van der Waals surface area contributed by atoms with Crippen LogP contribution in [0.4, 0.5) is 0 Å². The molecule has 0 spiro atoms. The van der Waals surface area contributed by atoms with Crippen molar-refractivity contribution in [2.45, 2.75) is 17.6 Å². The Bertz CT molecular complexity index is 1290. The zero-order valence-corrected chi connectivity index (χ0v) is 20.3. The van der Waals surface area contributed by atoms with Crippen molar-refractivity contribution < 1.29 is 9.53 Å². The Morgan fingerprint density at radius 1 is 1.12 bits per heavy atom. The summed E-state index contributed by atoms with van der Waals surface area (Å²) in [6.07, 6.45) is 0.648. The van der Waals surface area contributed by atoms with E-state index in [0.717, 1.165) is 43.3 Å². The van der Waals surface area contributed by atoms with Gasteiger partial charge in [0, 0.05) is 10.9 Å². The third-order valence-electron chi connectivity index (χ3n) is 5.54. The predicted octanol–water partition coefficient (Wildman–Crippen LogP) is 5.80. The third-order valence-corrected chi connectivity index (χ3v) is 6.93. The highest BCUT2D eigenvalue weighted by Crippen LogP contribution is 2.34. The highest BCUT2D eigenvalue weighted by molar-refractivity contribution is 9.10. The number of hydrogen-bond donors (Lipinski definition) is 1. The van der Waals surface area contributed by atoms with Gasteiger partial charge in [-0.2, -0.15) is 5.10 Å². The van der Waals surface area contributed by atoms with E-state index in [9.17, 15) is 4.79 Å². The van der Waals surface area contributed by atoms with Crippen molar-refractivity contribution in [2.24, 2.45) is 5.10 Å². The number of carbonyl (C=O) groups is 1. The predicted molar refractivity (Wildman–Crippen MR) is 135 cm³/mol. The van der Waals surface area contributed by atoms with E-state index in [1.165, 1.54) is 11.8 Å². The lowest BCUT2D eigenvalue weighted by Crippen LogP contribution is -2.28. The first-order valence-electron chi connectivity index (χ1n) is 10.5. The lowest BCUT2D eigenvalue weighted by atomic mass is 9.98. The van der Waals surface area contributed by atoms with Crippen LogP contribution in [0.5, 0.6) is 5.75 Å². The Morgan fingerprint density at radius 3 is 2.61 bits per heavy atom. The number of ether oxygens (including phenoxy) is 1. The fourth-order valence-corrected chi connectivity index (χ4v) is 4.84. The summed E-state index contributed by atoms with van der Waals surface area (Å²) in [5.74, 6) is 0.960. The second-order valence-electron chi connectivity index (χ2n) is 7.63. The van der Waals surface area contributed by atoms with Gasteiger partial charge in [-0.15, -0.1) is 0 Å². The number of carbonyl (C=O) groups excluding carboxylic acids is 1. The Labute approximate surface area is 204 Å². The molecule has 2 heterocycles. The van der Waals surface area contributed by atoms with Crippen LogP contribution in [0.1, 0.15) is 23.6 Å². The Morgan fingerprint density at radius 2 is 1.88 bits per heavy atom. The quantitative estimate of drug-likeness (QED) is 0.326. The van der Waals surface area contributed by atoms with Crippen LogP contribution in [0.2, 0.25) is 0 Å². The van der Waals surface area contributed by atoms with E-state index < -0.39 is 0 Å². The molecule has 1 N–H and O–H groups in total. The summed E-state index contributed by atoms with van der Waals surface area (Å²) in [4.78, 5) is 21.1. The molecule has 166 valence electrons. The molecule has 0 radical (unpaired) electrons. The van der Waals surface area contributed by atoms with E-state index in [1.54, 1.807) is 12.1 Å². The van der Waals surface area contributed by atoms with Gasteiger partial charge in [0.05, 0.1) is 35.6 Å². The lowest BCUT2D eigenvalue weighted by molar-refractivity contribution is -0.130. The van der Waals surface area contributed by atoms with Crippen molar-refractivity contribution in [2.75, 3.05) is 12.9 Å². The largest absolute Gasteiger partial charge is 0.497 e. The Balaban J connectivity index is 1.39. The Kier molecular flexibility index (Phi) is 6.20. The van der Waals surface area contributed by atoms with Crippen LogP contribution in [-0.2, 0) is 4.79 Å². The first-order valence-corrected chi connectivity index (χ1v) is 12.3. The number of fused-ring (bicyclic) bond motifs is 1. The minimum absolute atomic E-state index is 0.0617. The van der Waals surface area contributed by atoms with E-state index in [0.29, 0.717) is 6.42 Å². The molecule has 1 atom stereocenters. The first-order chi connectivity index (χ1) is 16.1. The number of benzene rings is 3. The molecule has 6 nitrogen and oxygen atoms in total. The second-order valence-corrected chi connectivity index (χ2v) is 9.51. The fourth-order valence-electron chi connectivity index (χ4n) is 3.84. The van der Waals surface area contributed by atoms with Crippen molar-refractivity contribution >= 4 is 50.3 Å². The number of aromatic amines is 1. The normalized spacial score (nSPS) is 15.6. The average molecular weight is 521 g/mol. The SMILES string of the molecule is COc1ccc([C@H]2CC(c3ccc(Br)cc3)=NN2C(=O)CSc2nc3ccccc3[nH]2)cc1. The second kappa shape index (κ2) is 9.41. The first kappa shape index (κ1) is 21.7. The third kappa shape index (κ3) is 4.67. The number of imidazole rings is 1. The number of para-hydroxylation sites is 2. The zero-order valence-electron chi connectivity index (χ0n) is 17.9. The minimum atomic E-state index is -0.168. The highest BCUT2D eigenvalue weighted by atomic mass is 79.9. The topological polar surface area (TPSA) is 70.6 Å². The number of H-pyrrole nitrogens is 1. The molecule has 1 aliphatic heterocycles. The smallest absolute Gasteiger partial charge is 0.253 e. The minimum Gasteiger partial charge on any atom is -0.497 e. The molecule has 0 aliphatic carbocycles. The van der Waals surface area contributed by atoms with Gasteiger partial charge in [0.25, 0.3) is 5.91 Å². The molecule has 1 aliphatic rings. The number of hydrazone groups is 1. The van der Waals surface area contributed by atoms with Crippen LogP contribution in [0.15, 0.2) is 87.5 Å².